The molecule has 6 heteroatoms. The lowest BCUT2D eigenvalue weighted by Crippen LogP contribution is -2.38. The number of carbonyl (C=O) groups is 1. The van der Waals surface area contributed by atoms with E-state index in [4.69, 9.17) is 0 Å². The van der Waals surface area contributed by atoms with Gasteiger partial charge < -0.3 is 10.2 Å². The van der Waals surface area contributed by atoms with Crippen LogP contribution in [-0.2, 0) is 4.79 Å². The molecule has 24 heavy (non-hydrogen) atoms. The first-order valence-corrected chi connectivity index (χ1v) is 9.12. The van der Waals surface area contributed by atoms with Crippen LogP contribution in [0, 0.1) is 5.92 Å². The highest BCUT2D eigenvalue weighted by molar-refractivity contribution is 5.76. The molecule has 2 aliphatic rings. The molecule has 0 bridgehead atoms. The minimum atomic E-state index is 0.249. The molecular weight excluding hydrogens is 302 g/mol. The summed E-state index contributed by atoms with van der Waals surface area (Å²) in [7, 11) is 0. The Morgan fingerprint density at radius 3 is 2.75 bits per heavy atom. The van der Waals surface area contributed by atoms with Crippen LogP contribution in [0.4, 0.5) is 5.82 Å². The van der Waals surface area contributed by atoms with Crippen molar-refractivity contribution in [3.63, 3.8) is 0 Å². The summed E-state index contributed by atoms with van der Waals surface area (Å²) < 4.78 is 1.78. The Hall–Kier alpha value is -2.11. The van der Waals surface area contributed by atoms with Gasteiger partial charge in [0.2, 0.25) is 5.91 Å². The monoisotopic (exact) mass is 327 g/mol. The lowest BCUT2D eigenvalue weighted by molar-refractivity contribution is -0.122. The maximum Gasteiger partial charge on any atom is 0.220 e. The van der Waals surface area contributed by atoms with Crippen molar-refractivity contribution in [2.45, 2.75) is 51.0 Å². The Labute approximate surface area is 142 Å². The van der Waals surface area contributed by atoms with E-state index >= 15 is 0 Å². The van der Waals surface area contributed by atoms with Gasteiger partial charge in [-0.15, -0.1) is 0 Å². The highest BCUT2D eigenvalue weighted by Crippen LogP contribution is 2.25. The molecule has 3 heterocycles. The maximum atomic E-state index is 12.2. The number of carbonyl (C=O) groups excluding carboxylic acids is 1. The quantitative estimate of drug-likeness (QED) is 0.936. The van der Waals surface area contributed by atoms with Gasteiger partial charge in [0.15, 0.2) is 5.65 Å². The Kier molecular flexibility index (Phi) is 4.36. The SMILES string of the molecule is O=C(CC1CCN(c2ccn3nccc3n2)CC1)NC1CCCC1. The van der Waals surface area contributed by atoms with E-state index in [9.17, 15) is 4.79 Å². The predicted molar refractivity (Wildman–Crippen MR) is 92.9 cm³/mol. The molecule has 0 aromatic carbocycles. The number of amides is 1. The second-order valence-corrected chi connectivity index (χ2v) is 7.10. The second kappa shape index (κ2) is 6.79. The molecule has 0 unspecified atom stereocenters. The average molecular weight is 327 g/mol. The van der Waals surface area contributed by atoms with E-state index in [1.165, 1.54) is 12.8 Å². The van der Waals surface area contributed by atoms with Crippen LogP contribution in [0.25, 0.3) is 5.65 Å². The highest BCUT2D eigenvalue weighted by atomic mass is 16.1. The maximum absolute atomic E-state index is 12.2. The topological polar surface area (TPSA) is 62.5 Å². The number of rotatable bonds is 4. The number of piperidine rings is 1. The molecule has 0 atom stereocenters. The van der Waals surface area contributed by atoms with E-state index in [0.717, 1.165) is 50.2 Å². The zero-order valence-electron chi connectivity index (χ0n) is 14.0. The zero-order valence-corrected chi connectivity index (χ0v) is 14.0. The number of aromatic nitrogens is 3. The molecule has 1 saturated heterocycles. The molecule has 2 fully saturated rings. The number of hydrogen-bond acceptors (Lipinski definition) is 4. The molecule has 6 nitrogen and oxygen atoms in total. The number of nitrogens with one attached hydrogen (secondary N) is 1. The van der Waals surface area contributed by atoms with Crippen molar-refractivity contribution < 1.29 is 4.79 Å². The summed E-state index contributed by atoms with van der Waals surface area (Å²) in [5, 5.41) is 7.39. The van der Waals surface area contributed by atoms with Gasteiger partial charge in [0.25, 0.3) is 0 Å². The van der Waals surface area contributed by atoms with Gasteiger partial charge in [0.1, 0.15) is 5.82 Å². The summed E-state index contributed by atoms with van der Waals surface area (Å²) in [6.45, 7) is 1.94. The minimum Gasteiger partial charge on any atom is -0.356 e. The van der Waals surface area contributed by atoms with Crippen LogP contribution in [0.2, 0.25) is 0 Å². The lowest BCUT2D eigenvalue weighted by atomic mass is 9.93. The highest BCUT2D eigenvalue weighted by Gasteiger charge is 2.24. The summed E-state index contributed by atoms with van der Waals surface area (Å²) in [5.41, 5.74) is 0.880. The van der Waals surface area contributed by atoms with Gasteiger partial charge in [-0.3, -0.25) is 4.79 Å². The summed E-state index contributed by atoms with van der Waals surface area (Å²) in [4.78, 5) is 19.2. The normalized spacial score (nSPS) is 19.9. The van der Waals surface area contributed by atoms with Crippen molar-refractivity contribution in [1.29, 1.82) is 0 Å². The summed E-state index contributed by atoms with van der Waals surface area (Å²) in [6, 6.07) is 4.38. The van der Waals surface area contributed by atoms with Crippen LogP contribution in [0.3, 0.4) is 0 Å². The van der Waals surface area contributed by atoms with Crippen LogP contribution in [0.5, 0.6) is 0 Å². The summed E-state index contributed by atoms with van der Waals surface area (Å²) >= 11 is 0. The molecule has 1 N–H and O–H groups in total. The first kappa shape index (κ1) is 15.4. The molecule has 0 spiro atoms. The van der Waals surface area contributed by atoms with Crippen LogP contribution in [0.15, 0.2) is 24.5 Å². The van der Waals surface area contributed by atoms with E-state index < -0.39 is 0 Å². The third-order valence-electron chi connectivity index (χ3n) is 5.38. The van der Waals surface area contributed by atoms with E-state index in [2.05, 4.69) is 20.3 Å². The number of fused-ring (bicyclic) bond motifs is 1. The minimum absolute atomic E-state index is 0.249. The number of anilines is 1. The average Bonchev–Trinajstić information content (AvgIpc) is 3.26. The molecule has 1 aliphatic carbocycles. The van der Waals surface area contributed by atoms with Crippen molar-refractivity contribution >= 4 is 17.4 Å². The molecule has 1 aliphatic heterocycles. The van der Waals surface area contributed by atoms with Gasteiger partial charge in [-0.2, -0.15) is 5.10 Å². The van der Waals surface area contributed by atoms with E-state index in [1.54, 1.807) is 10.7 Å². The molecule has 1 amide bonds. The van der Waals surface area contributed by atoms with Crippen LogP contribution < -0.4 is 10.2 Å². The summed E-state index contributed by atoms with van der Waals surface area (Å²) in [6.07, 6.45) is 11.4. The van der Waals surface area contributed by atoms with Gasteiger partial charge in [-0.05, 0) is 37.7 Å². The van der Waals surface area contributed by atoms with Crippen molar-refractivity contribution in [3.8, 4) is 0 Å². The van der Waals surface area contributed by atoms with Gasteiger partial charge in [-0.25, -0.2) is 9.50 Å². The molecule has 0 radical (unpaired) electrons. The predicted octanol–water partition coefficient (Wildman–Crippen LogP) is 2.39. The Bertz CT molecular complexity index is 698. The van der Waals surface area contributed by atoms with Crippen molar-refractivity contribution in [2.75, 3.05) is 18.0 Å². The smallest absolute Gasteiger partial charge is 0.220 e. The van der Waals surface area contributed by atoms with Crippen molar-refractivity contribution in [3.05, 3.63) is 24.5 Å². The first-order valence-electron chi connectivity index (χ1n) is 9.12. The first-order chi connectivity index (χ1) is 11.8. The molecule has 2 aromatic heterocycles. The van der Waals surface area contributed by atoms with Crippen molar-refractivity contribution in [2.24, 2.45) is 5.92 Å². The molecule has 128 valence electrons. The summed E-state index contributed by atoms with van der Waals surface area (Å²) in [5.74, 6) is 1.76. The fourth-order valence-corrected chi connectivity index (χ4v) is 3.96. The number of hydrogen-bond donors (Lipinski definition) is 1. The van der Waals surface area contributed by atoms with E-state index in [-0.39, 0.29) is 5.91 Å². The molecule has 1 saturated carbocycles. The van der Waals surface area contributed by atoms with Crippen LogP contribution >= 0.6 is 0 Å². The third kappa shape index (κ3) is 3.37. The standard InChI is InChI=1S/C18H25N5O/c24-18(20-15-3-1-2-4-15)13-14-6-10-22(11-7-14)16-8-12-23-17(21-16)5-9-19-23/h5,8-9,12,14-15H,1-4,6-7,10-11,13H2,(H,20,24). The van der Waals surface area contributed by atoms with Gasteiger partial charge in [0, 0.05) is 37.8 Å². The molecule has 4 rings (SSSR count). The fourth-order valence-electron chi connectivity index (χ4n) is 3.96. The molecule has 2 aromatic rings. The van der Waals surface area contributed by atoms with Gasteiger partial charge >= 0.3 is 0 Å². The Morgan fingerprint density at radius 1 is 1.17 bits per heavy atom. The Balaban J connectivity index is 1.28. The van der Waals surface area contributed by atoms with Crippen LogP contribution in [-0.4, -0.2) is 39.6 Å². The lowest BCUT2D eigenvalue weighted by Gasteiger charge is -2.32. The number of nitrogens with zero attached hydrogens (tertiary/aromatic N) is 4. The van der Waals surface area contributed by atoms with Crippen molar-refractivity contribution in [1.82, 2.24) is 19.9 Å². The van der Waals surface area contributed by atoms with Gasteiger partial charge in [-0.1, -0.05) is 12.8 Å². The largest absolute Gasteiger partial charge is 0.356 e. The fraction of sp³-hybridized carbons (Fsp3) is 0.611. The molecular formula is C18H25N5O. The zero-order chi connectivity index (χ0) is 16.4. The van der Waals surface area contributed by atoms with Crippen LogP contribution in [0.1, 0.15) is 44.9 Å². The third-order valence-corrected chi connectivity index (χ3v) is 5.38. The second-order valence-electron chi connectivity index (χ2n) is 7.10. The van der Waals surface area contributed by atoms with E-state index in [0.29, 0.717) is 18.4 Å². The van der Waals surface area contributed by atoms with Gasteiger partial charge in [0.05, 0.1) is 6.20 Å². The van der Waals surface area contributed by atoms with E-state index in [1.807, 2.05) is 18.3 Å². The Morgan fingerprint density at radius 2 is 1.96 bits per heavy atom.